The standard InChI is InChI=1S/C17H17ClFNO/c1-12(17(21)20-10-9-18)14-7-8-15(16(19)11-14)13-5-3-2-4-6-13/h2-8,11-12H,9-10H2,1H3,(H,20,21)/t12-/m0/s1. The molecule has 2 aromatic rings. The van der Waals surface area contributed by atoms with Gasteiger partial charge in [0, 0.05) is 18.0 Å². The summed E-state index contributed by atoms with van der Waals surface area (Å²) in [6.45, 7) is 2.16. The summed E-state index contributed by atoms with van der Waals surface area (Å²) >= 11 is 5.54. The first-order valence-electron chi connectivity index (χ1n) is 6.82. The molecule has 110 valence electrons. The molecule has 0 radical (unpaired) electrons. The summed E-state index contributed by atoms with van der Waals surface area (Å²) in [5, 5.41) is 2.70. The van der Waals surface area contributed by atoms with E-state index >= 15 is 0 Å². The monoisotopic (exact) mass is 305 g/mol. The Labute approximate surface area is 128 Å². The Bertz CT molecular complexity index is 615. The third-order valence-corrected chi connectivity index (χ3v) is 3.55. The summed E-state index contributed by atoms with van der Waals surface area (Å²) in [7, 11) is 0. The molecular formula is C17H17ClFNO. The summed E-state index contributed by atoms with van der Waals surface area (Å²) in [5.41, 5.74) is 2.01. The van der Waals surface area contributed by atoms with Crippen LogP contribution in [0.1, 0.15) is 18.4 Å². The van der Waals surface area contributed by atoms with E-state index in [1.54, 1.807) is 19.1 Å². The van der Waals surface area contributed by atoms with Gasteiger partial charge in [0.25, 0.3) is 0 Å². The van der Waals surface area contributed by atoms with Gasteiger partial charge < -0.3 is 5.32 Å². The van der Waals surface area contributed by atoms with Gasteiger partial charge in [0.1, 0.15) is 5.82 Å². The van der Waals surface area contributed by atoms with E-state index in [9.17, 15) is 9.18 Å². The van der Waals surface area contributed by atoms with Gasteiger partial charge in [0.2, 0.25) is 5.91 Å². The van der Waals surface area contributed by atoms with Crippen LogP contribution in [0.4, 0.5) is 4.39 Å². The summed E-state index contributed by atoms with van der Waals surface area (Å²) in [5.74, 6) is -0.523. The lowest BCUT2D eigenvalue weighted by Gasteiger charge is -2.13. The number of benzene rings is 2. The van der Waals surface area contributed by atoms with E-state index < -0.39 is 5.92 Å². The molecule has 4 heteroatoms. The lowest BCUT2D eigenvalue weighted by molar-refractivity contribution is -0.122. The van der Waals surface area contributed by atoms with Crippen molar-refractivity contribution >= 4 is 17.5 Å². The molecule has 21 heavy (non-hydrogen) atoms. The molecule has 0 bridgehead atoms. The van der Waals surface area contributed by atoms with Crippen molar-refractivity contribution in [2.45, 2.75) is 12.8 Å². The van der Waals surface area contributed by atoms with Crippen LogP contribution < -0.4 is 5.32 Å². The summed E-state index contributed by atoms with van der Waals surface area (Å²) < 4.78 is 14.3. The minimum absolute atomic E-state index is 0.150. The van der Waals surface area contributed by atoms with E-state index in [4.69, 9.17) is 11.6 Å². The average Bonchev–Trinajstić information content (AvgIpc) is 2.52. The molecule has 0 saturated heterocycles. The van der Waals surface area contributed by atoms with Gasteiger partial charge >= 0.3 is 0 Å². The Morgan fingerprint density at radius 1 is 1.24 bits per heavy atom. The van der Waals surface area contributed by atoms with Crippen molar-refractivity contribution in [3.05, 3.63) is 59.9 Å². The molecule has 0 aromatic heterocycles. The fourth-order valence-corrected chi connectivity index (χ4v) is 2.22. The van der Waals surface area contributed by atoms with Crippen molar-refractivity contribution in [3.63, 3.8) is 0 Å². The van der Waals surface area contributed by atoms with E-state index in [1.165, 1.54) is 6.07 Å². The van der Waals surface area contributed by atoms with Crippen LogP contribution in [-0.2, 0) is 4.79 Å². The molecule has 0 aliphatic carbocycles. The molecule has 0 spiro atoms. The molecule has 0 heterocycles. The van der Waals surface area contributed by atoms with E-state index in [-0.39, 0.29) is 11.7 Å². The molecule has 2 rings (SSSR count). The van der Waals surface area contributed by atoms with E-state index in [2.05, 4.69) is 5.32 Å². The topological polar surface area (TPSA) is 29.1 Å². The summed E-state index contributed by atoms with van der Waals surface area (Å²) in [6, 6.07) is 14.3. The minimum Gasteiger partial charge on any atom is -0.354 e. The number of carbonyl (C=O) groups excluding carboxylic acids is 1. The Hall–Kier alpha value is -1.87. The summed E-state index contributed by atoms with van der Waals surface area (Å²) in [4.78, 5) is 11.9. The van der Waals surface area contributed by atoms with Crippen LogP contribution in [0.15, 0.2) is 48.5 Å². The molecule has 1 N–H and O–H groups in total. The maximum Gasteiger partial charge on any atom is 0.227 e. The quantitative estimate of drug-likeness (QED) is 0.833. The van der Waals surface area contributed by atoms with Crippen LogP contribution in [-0.4, -0.2) is 18.3 Å². The lowest BCUT2D eigenvalue weighted by Crippen LogP contribution is -2.29. The first-order chi connectivity index (χ1) is 10.1. The molecule has 0 aliphatic heterocycles. The largest absolute Gasteiger partial charge is 0.354 e. The van der Waals surface area contributed by atoms with Crippen molar-refractivity contribution in [1.82, 2.24) is 5.32 Å². The first kappa shape index (κ1) is 15.5. The van der Waals surface area contributed by atoms with Gasteiger partial charge in [0.05, 0.1) is 5.92 Å². The van der Waals surface area contributed by atoms with E-state index in [1.807, 2.05) is 30.3 Å². The second-order valence-corrected chi connectivity index (χ2v) is 5.18. The average molecular weight is 306 g/mol. The molecule has 2 nitrogen and oxygen atoms in total. The third kappa shape index (κ3) is 3.82. The highest BCUT2D eigenvalue weighted by atomic mass is 35.5. The zero-order valence-corrected chi connectivity index (χ0v) is 12.5. The maximum atomic E-state index is 14.3. The lowest BCUT2D eigenvalue weighted by atomic mass is 9.96. The van der Waals surface area contributed by atoms with Gasteiger partial charge in [-0.15, -0.1) is 11.6 Å². The Balaban J connectivity index is 2.21. The number of amides is 1. The van der Waals surface area contributed by atoms with E-state index in [0.717, 1.165) is 5.56 Å². The van der Waals surface area contributed by atoms with Gasteiger partial charge in [-0.3, -0.25) is 4.79 Å². The van der Waals surface area contributed by atoms with Gasteiger partial charge in [-0.05, 0) is 24.1 Å². The zero-order valence-electron chi connectivity index (χ0n) is 11.8. The molecule has 0 fully saturated rings. The molecule has 2 aromatic carbocycles. The van der Waals surface area contributed by atoms with Crippen LogP contribution in [0.25, 0.3) is 11.1 Å². The van der Waals surface area contributed by atoms with Crippen molar-refractivity contribution in [1.29, 1.82) is 0 Å². The predicted octanol–water partition coefficient (Wildman–Crippen LogP) is 3.95. The van der Waals surface area contributed by atoms with Gasteiger partial charge in [-0.2, -0.15) is 0 Å². The highest BCUT2D eigenvalue weighted by Crippen LogP contribution is 2.26. The fourth-order valence-electron chi connectivity index (χ4n) is 2.13. The van der Waals surface area contributed by atoms with Crippen LogP contribution in [0.2, 0.25) is 0 Å². The molecule has 0 saturated carbocycles. The molecule has 0 aliphatic rings. The number of alkyl halides is 1. The first-order valence-corrected chi connectivity index (χ1v) is 7.35. The predicted molar refractivity (Wildman–Crippen MR) is 84.0 cm³/mol. The van der Waals surface area contributed by atoms with Crippen LogP contribution in [0, 0.1) is 5.82 Å². The van der Waals surface area contributed by atoms with E-state index in [0.29, 0.717) is 23.6 Å². The number of hydrogen-bond donors (Lipinski definition) is 1. The fraction of sp³-hybridized carbons (Fsp3) is 0.235. The van der Waals surface area contributed by atoms with Crippen molar-refractivity contribution in [3.8, 4) is 11.1 Å². The van der Waals surface area contributed by atoms with Gasteiger partial charge in [0.15, 0.2) is 0 Å². The minimum atomic E-state index is -0.410. The van der Waals surface area contributed by atoms with Crippen molar-refractivity contribution < 1.29 is 9.18 Å². The SMILES string of the molecule is C[C@H](C(=O)NCCCl)c1ccc(-c2ccccc2)c(F)c1. The zero-order chi connectivity index (χ0) is 15.2. The van der Waals surface area contributed by atoms with Crippen LogP contribution in [0.3, 0.4) is 0 Å². The number of hydrogen-bond acceptors (Lipinski definition) is 1. The normalized spacial score (nSPS) is 12.0. The number of halogens is 2. The van der Waals surface area contributed by atoms with Crippen LogP contribution >= 0.6 is 11.6 Å². The highest BCUT2D eigenvalue weighted by molar-refractivity contribution is 6.18. The van der Waals surface area contributed by atoms with Gasteiger partial charge in [-0.25, -0.2) is 4.39 Å². The molecular weight excluding hydrogens is 289 g/mol. The van der Waals surface area contributed by atoms with Crippen molar-refractivity contribution in [2.24, 2.45) is 0 Å². The second-order valence-electron chi connectivity index (χ2n) is 4.81. The molecule has 1 atom stereocenters. The molecule has 1 amide bonds. The van der Waals surface area contributed by atoms with Gasteiger partial charge in [-0.1, -0.05) is 42.5 Å². The number of nitrogens with one attached hydrogen (secondary N) is 1. The number of carbonyl (C=O) groups is 1. The number of rotatable bonds is 5. The maximum absolute atomic E-state index is 14.3. The Kier molecular flexibility index (Phi) is 5.34. The second kappa shape index (κ2) is 7.23. The Morgan fingerprint density at radius 3 is 2.57 bits per heavy atom. The van der Waals surface area contributed by atoms with Crippen molar-refractivity contribution in [2.75, 3.05) is 12.4 Å². The third-order valence-electron chi connectivity index (χ3n) is 3.36. The Morgan fingerprint density at radius 2 is 1.95 bits per heavy atom. The highest BCUT2D eigenvalue weighted by Gasteiger charge is 2.16. The summed E-state index contributed by atoms with van der Waals surface area (Å²) in [6.07, 6.45) is 0. The molecule has 0 unspecified atom stereocenters. The van der Waals surface area contributed by atoms with Crippen LogP contribution in [0.5, 0.6) is 0 Å². The smallest absolute Gasteiger partial charge is 0.227 e.